The van der Waals surface area contributed by atoms with Crippen molar-refractivity contribution >= 4 is 16.2 Å². The summed E-state index contributed by atoms with van der Waals surface area (Å²) in [6, 6.07) is -0.661. The minimum Gasteiger partial charge on any atom is -0.465 e. The number of rotatable bonds is 2. The Bertz CT molecular complexity index is 470. The van der Waals surface area contributed by atoms with E-state index in [1.54, 1.807) is 0 Å². The van der Waals surface area contributed by atoms with E-state index in [4.69, 9.17) is 5.11 Å². The average Bonchev–Trinajstić information content (AvgIpc) is 2.14. The number of nitrogens with zero attached hydrogens (tertiary/aromatic N) is 1. The first kappa shape index (κ1) is 14.6. The van der Waals surface area contributed by atoms with Gasteiger partial charge in [0, 0.05) is 19.0 Å². The van der Waals surface area contributed by atoms with Crippen LogP contribution < -0.4 is 0 Å². The molecule has 0 saturated heterocycles. The minimum atomic E-state index is -5.69. The van der Waals surface area contributed by atoms with Crippen LogP contribution in [0.4, 0.5) is 18.0 Å². The van der Waals surface area contributed by atoms with E-state index in [0.29, 0.717) is 0 Å². The van der Waals surface area contributed by atoms with Gasteiger partial charge in [-0.25, -0.2) is 4.79 Å². The molecule has 1 heterocycles. The summed E-state index contributed by atoms with van der Waals surface area (Å²) in [5.41, 5.74) is -5.50. The van der Waals surface area contributed by atoms with E-state index < -0.39 is 33.5 Å². The van der Waals surface area contributed by atoms with Gasteiger partial charge in [-0.15, -0.1) is 0 Å². The van der Waals surface area contributed by atoms with Crippen molar-refractivity contribution in [1.29, 1.82) is 0 Å². The van der Waals surface area contributed by atoms with Crippen molar-refractivity contribution in [3.63, 3.8) is 0 Å². The van der Waals surface area contributed by atoms with Crippen molar-refractivity contribution < 1.29 is 35.7 Å². The highest BCUT2D eigenvalue weighted by Crippen LogP contribution is 2.29. The number of halogens is 3. The number of amides is 1. The molecule has 0 fully saturated rings. The summed E-state index contributed by atoms with van der Waals surface area (Å²) >= 11 is 0. The van der Waals surface area contributed by atoms with Crippen molar-refractivity contribution in [2.45, 2.75) is 24.9 Å². The van der Waals surface area contributed by atoms with Crippen LogP contribution in [0.5, 0.6) is 0 Å². The lowest BCUT2D eigenvalue weighted by atomic mass is 10.1. The van der Waals surface area contributed by atoms with Gasteiger partial charge in [-0.3, -0.25) is 0 Å². The zero-order valence-corrected chi connectivity index (χ0v) is 9.95. The monoisotopic (exact) mass is 289 g/mol. The van der Waals surface area contributed by atoms with Gasteiger partial charge in [0.25, 0.3) is 0 Å². The number of alkyl halides is 3. The van der Waals surface area contributed by atoms with E-state index in [9.17, 15) is 26.4 Å². The fraction of sp³-hybridized carbons (Fsp3) is 0.625. The quantitative estimate of drug-likeness (QED) is 0.615. The molecule has 1 atom stereocenters. The third-order valence-corrected chi connectivity index (χ3v) is 3.29. The van der Waals surface area contributed by atoms with Gasteiger partial charge in [-0.2, -0.15) is 21.6 Å². The highest BCUT2D eigenvalue weighted by Gasteiger charge is 2.49. The van der Waals surface area contributed by atoms with Gasteiger partial charge < -0.3 is 14.2 Å². The van der Waals surface area contributed by atoms with E-state index in [0.717, 1.165) is 11.0 Å². The van der Waals surface area contributed by atoms with Crippen molar-refractivity contribution in [2.75, 3.05) is 6.54 Å². The molecule has 1 N–H and O–H groups in total. The van der Waals surface area contributed by atoms with Crippen molar-refractivity contribution in [1.82, 2.24) is 4.90 Å². The number of hydrogen-bond donors (Lipinski definition) is 1. The van der Waals surface area contributed by atoms with Gasteiger partial charge >= 0.3 is 21.7 Å². The Kier molecular flexibility index (Phi) is 3.79. The topological polar surface area (TPSA) is 83.9 Å². The van der Waals surface area contributed by atoms with Gasteiger partial charge in [0.05, 0.1) is 0 Å². The lowest BCUT2D eigenvalue weighted by Crippen LogP contribution is -2.41. The van der Waals surface area contributed by atoms with Crippen LogP contribution in [0.25, 0.3) is 0 Å². The Balaban J connectivity index is 2.81. The van der Waals surface area contributed by atoms with Crippen molar-refractivity contribution in [3.8, 4) is 0 Å². The van der Waals surface area contributed by atoms with Crippen LogP contribution in [-0.4, -0.2) is 42.6 Å². The minimum absolute atomic E-state index is 0.223. The summed E-state index contributed by atoms with van der Waals surface area (Å²) in [4.78, 5) is 11.6. The zero-order valence-electron chi connectivity index (χ0n) is 9.14. The molecule has 0 aromatic carbocycles. The Hall–Kier alpha value is -1.45. The first-order chi connectivity index (χ1) is 8.04. The number of carbonyl (C=O) groups is 1. The van der Waals surface area contributed by atoms with Gasteiger partial charge in [-0.1, -0.05) is 0 Å². The van der Waals surface area contributed by atoms with E-state index in [1.165, 1.54) is 6.92 Å². The predicted octanol–water partition coefficient (Wildman–Crippen LogP) is 1.51. The molecule has 0 aromatic rings. The van der Waals surface area contributed by atoms with Crippen LogP contribution in [-0.2, 0) is 14.3 Å². The summed E-state index contributed by atoms with van der Waals surface area (Å²) in [5.74, 6) is -0.405. The Labute approximate surface area is 101 Å². The first-order valence-electron chi connectivity index (χ1n) is 4.74. The smallest absolute Gasteiger partial charge is 0.465 e. The lowest BCUT2D eigenvalue weighted by Gasteiger charge is -2.30. The zero-order chi connectivity index (χ0) is 14.1. The maximum Gasteiger partial charge on any atom is 0.534 e. The first-order valence-corrected chi connectivity index (χ1v) is 6.15. The molecule has 0 spiro atoms. The van der Waals surface area contributed by atoms with Gasteiger partial charge in [-0.05, 0) is 13.0 Å². The fourth-order valence-corrected chi connectivity index (χ4v) is 1.90. The second kappa shape index (κ2) is 4.67. The summed E-state index contributed by atoms with van der Waals surface area (Å²) in [6.07, 6.45) is -0.476. The van der Waals surface area contributed by atoms with Gasteiger partial charge in [0.2, 0.25) is 0 Å². The molecule has 0 radical (unpaired) electrons. The van der Waals surface area contributed by atoms with Crippen molar-refractivity contribution in [3.05, 3.63) is 11.8 Å². The molecule has 6 nitrogen and oxygen atoms in total. The lowest BCUT2D eigenvalue weighted by molar-refractivity contribution is -0.0526. The molecule has 104 valence electrons. The normalized spacial score (nSPS) is 21.4. The molecule has 0 aromatic heterocycles. The maximum atomic E-state index is 12.0. The number of carboxylic acid groups (broad SMARTS) is 1. The van der Waals surface area contributed by atoms with E-state index in [1.807, 2.05) is 0 Å². The van der Waals surface area contributed by atoms with E-state index >= 15 is 0 Å². The van der Waals surface area contributed by atoms with E-state index in [-0.39, 0.29) is 13.0 Å². The Morgan fingerprint density at radius 1 is 1.56 bits per heavy atom. The van der Waals surface area contributed by atoms with Gasteiger partial charge in [0.15, 0.2) is 0 Å². The molecule has 0 aliphatic carbocycles. The molecule has 1 rings (SSSR count). The third kappa shape index (κ3) is 3.06. The number of hydrogen-bond acceptors (Lipinski definition) is 4. The molecule has 0 saturated carbocycles. The second-order valence-electron chi connectivity index (χ2n) is 3.64. The molecule has 0 bridgehead atoms. The SMILES string of the molecule is CC1CC(OS(=O)(=O)C(F)(F)F)=CCN1C(=O)O. The predicted molar refractivity (Wildman–Crippen MR) is 53.0 cm³/mol. The van der Waals surface area contributed by atoms with Crippen molar-refractivity contribution in [2.24, 2.45) is 0 Å². The van der Waals surface area contributed by atoms with E-state index in [2.05, 4.69) is 4.18 Å². The second-order valence-corrected chi connectivity index (χ2v) is 5.18. The molecule has 10 heteroatoms. The molecule has 1 unspecified atom stereocenters. The molecule has 1 aliphatic rings. The van der Waals surface area contributed by atoms with Gasteiger partial charge in [0.1, 0.15) is 5.76 Å². The molecule has 1 aliphatic heterocycles. The summed E-state index contributed by atoms with van der Waals surface area (Å²) in [6.45, 7) is 1.21. The highest BCUT2D eigenvalue weighted by atomic mass is 32.2. The summed E-state index contributed by atoms with van der Waals surface area (Å²) < 4.78 is 61.5. The van der Waals surface area contributed by atoms with Crippen LogP contribution in [0.15, 0.2) is 11.8 Å². The molecule has 18 heavy (non-hydrogen) atoms. The largest absolute Gasteiger partial charge is 0.534 e. The Morgan fingerprint density at radius 2 is 2.11 bits per heavy atom. The fourth-order valence-electron chi connectivity index (χ4n) is 1.39. The van der Waals surface area contributed by atoms with Crippen LogP contribution >= 0.6 is 0 Å². The third-order valence-electron chi connectivity index (χ3n) is 2.29. The highest BCUT2D eigenvalue weighted by molar-refractivity contribution is 7.87. The Morgan fingerprint density at radius 3 is 2.50 bits per heavy atom. The summed E-state index contributed by atoms with van der Waals surface area (Å²) in [7, 11) is -5.69. The van der Waals surface area contributed by atoms with Crippen LogP contribution in [0.1, 0.15) is 13.3 Å². The molecular weight excluding hydrogens is 279 g/mol. The summed E-state index contributed by atoms with van der Waals surface area (Å²) in [5, 5.41) is 8.71. The standard InChI is InChI=1S/C8H10F3NO5S/c1-5-4-6(2-3-12(5)7(13)14)17-18(15,16)8(9,10)11/h2,5H,3-4H2,1H3,(H,13,14). The van der Waals surface area contributed by atoms with Crippen LogP contribution in [0.2, 0.25) is 0 Å². The van der Waals surface area contributed by atoms with Crippen LogP contribution in [0.3, 0.4) is 0 Å². The molecular formula is C8H10F3NO5S. The molecule has 1 amide bonds. The maximum absolute atomic E-state index is 12.0. The van der Waals surface area contributed by atoms with Crippen LogP contribution in [0, 0.1) is 0 Å². The average molecular weight is 289 g/mol.